The third kappa shape index (κ3) is 7.65. The standard InChI is InChI=1S/C22H27BrCl2N2O3/c1-22(2,3)27-20(28)13-30-21-16(17(23)7-8-19(21)29-4)12-26-10-9-14-5-6-15(24)11-18(14)25/h5-8,11,26H,9-10,12-13H2,1-4H3,(H,27,28). The highest BCUT2D eigenvalue weighted by atomic mass is 79.9. The Hall–Kier alpha value is -1.47. The van der Waals surface area contributed by atoms with Gasteiger partial charge in [-0.3, -0.25) is 4.79 Å². The molecule has 0 bridgehead atoms. The van der Waals surface area contributed by atoms with Crippen LogP contribution in [0.1, 0.15) is 31.9 Å². The summed E-state index contributed by atoms with van der Waals surface area (Å²) in [4.78, 5) is 12.2. The first-order chi connectivity index (χ1) is 14.1. The van der Waals surface area contributed by atoms with Crippen molar-refractivity contribution in [1.29, 1.82) is 0 Å². The molecule has 8 heteroatoms. The smallest absolute Gasteiger partial charge is 0.258 e. The summed E-state index contributed by atoms with van der Waals surface area (Å²) in [5.74, 6) is 0.910. The first kappa shape index (κ1) is 24.8. The first-order valence-electron chi connectivity index (χ1n) is 9.54. The highest BCUT2D eigenvalue weighted by Gasteiger charge is 2.18. The second-order valence-corrected chi connectivity index (χ2v) is 9.50. The van der Waals surface area contributed by atoms with Crippen molar-refractivity contribution < 1.29 is 14.3 Å². The Morgan fingerprint density at radius 1 is 1.17 bits per heavy atom. The molecule has 5 nitrogen and oxygen atoms in total. The number of ether oxygens (including phenoxy) is 2. The topological polar surface area (TPSA) is 59.6 Å². The number of amides is 1. The number of nitrogens with one attached hydrogen (secondary N) is 2. The molecule has 2 aromatic carbocycles. The van der Waals surface area contributed by atoms with E-state index in [9.17, 15) is 4.79 Å². The molecule has 2 aromatic rings. The van der Waals surface area contributed by atoms with E-state index in [1.807, 2.05) is 39.0 Å². The zero-order valence-corrected chi connectivity index (χ0v) is 20.7. The van der Waals surface area contributed by atoms with Gasteiger partial charge in [-0.15, -0.1) is 0 Å². The average molecular weight is 518 g/mol. The predicted molar refractivity (Wildman–Crippen MR) is 126 cm³/mol. The minimum absolute atomic E-state index is 0.0997. The fourth-order valence-electron chi connectivity index (χ4n) is 2.82. The summed E-state index contributed by atoms with van der Waals surface area (Å²) in [5.41, 5.74) is 1.57. The Bertz CT molecular complexity index is 885. The second kappa shape index (κ2) is 11.2. The molecule has 0 radical (unpaired) electrons. The van der Waals surface area contributed by atoms with Gasteiger partial charge in [0.25, 0.3) is 5.91 Å². The van der Waals surface area contributed by atoms with Gasteiger partial charge in [-0.2, -0.15) is 0 Å². The van der Waals surface area contributed by atoms with Crippen LogP contribution in [0.4, 0.5) is 0 Å². The van der Waals surface area contributed by atoms with E-state index in [2.05, 4.69) is 26.6 Å². The van der Waals surface area contributed by atoms with E-state index in [1.54, 1.807) is 19.2 Å². The molecule has 0 saturated heterocycles. The number of hydrogen-bond donors (Lipinski definition) is 2. The molecule has 0 fully saturated rings. The number of hydrogen-bond acceptors (Lipinski definition) is 4. The van der Waals surface area contributed by atoms with E-state index in [-0.39, 0.29) is 18.1 Å². The maximum atomic E-state index is 12.2. The largest absolute Gasteiger partial charge is 0.493 e. The van der Waals surface area contributed by atoms with Crippen LogP contribution in [0.15, 0.2) is 34.8 Å². The van der Waals surface area contributed by atoms with Gasteiger partial charge in [-0.1, -0.05) is 45.2 Å². The van der Waals surface area contributed by atoms with Gasteiger partial charge in [-0.25, -0.2) is 0 Å². The van der Waals surface area contributed by atoms with E-state index in [0.717, 1.165) is 22.0 Å². The minimum atomic E-state index is -0.324. The van der Waals surface area contributed by atoms with Crippen LogP contribution in [-0.4, -0.2) is 31.7 Å². The lowest BCUT2D eigenvalue weighted by Crippen LogP contribution is -2.43. The second-order valence-electron chi connectivity index (χ2n) is 7.81. The molecule has 0 aliphatic rings. The normalized spacial score (nSPS) is 11.3. The summed E-state index contributed by atoms with van der Waals surface area (Å²) < 4.78 is 12.2. The zero-order valence-electron chi connectivity index (χ0n) is 17.6. The van der Waals surface area contributed by atoms with Gasteiger partial charge in [0.1, 0.15) is 0 Å². The van der Waals surface area contributed by atoms with E-state index in [1.165, 1.54) is 0 Å². The zero-order chi connectivity index (χ0) is 22.3. The fraction of sp³-hybridized carbons (Fsp3) is 0.409. The van der Waals surface area contributed by atoms with Crippen LogP contribution in [0, 0.1) is 0 Å². The first-order valence-corrected chi connectivity index (χ1v) is 11.1. The number of carbonyl (C=O) groups is 1. The fourth-order valence-corrected chi connectivity index (χ4v) is 3.77. The molecule has 0 aromatic heterocycles. The van der Waals surface area contributed by atoms with Crippen molar-refractivity contribution in [2.24, 2.45) is 0 Å². The lowest BCUT2D eigenvalue weighted by atomic mass is 10.1. The summed E-state index contributed by atoms with van der Waals surface area (Å²) in [6.45, 7) is 6.90. The van der Waals surface area contributed by atoms with Crippen LogP contribution in [0.5, 0.6) is 11.5 Å². The molecule has 1 amide bonds. The molecular weight excluding hydrogens is 491 g/mol. The predicted octanol–water partition coefficient (Wildman–Crippen LogP) is 5.39. The van der Waals surface area contributed by atoms with Crippen molar-refractivity contribution in [3.8, 4) is 11.5 Å². The van der Waals surface area contributed by atoms with Gasteiger partial charge in [-0.05, 0) is 63.6 Å². The Morgan fingerprint density at radius 2 is 1.90 bits per heavy atom. The van der Waals surface area contributed by atoms with Gasteiger partial charge in [0.05, 0.1) is 7.11 Å². The van der Waals surface area contributed by atoms with Gasteiger partial charge >= 0.3 is 0 Å². The van der Waals surface area contributed by atoms with Crippen molar-refractivity contribution in [2.45, 2.75) is 39.3 Å². The Kier molecular flexibility index (Phi) is 9.29. The molecule has 164 valence electrons. The third-order valence-electron chi connectivity index (χ3n) is 4.14. The molecule has 0 heterocycles. The molecule has 30 heavy (non-hydrogen) atoms. The van der Waals surface area contributed by atoms with Crippen molar-refractivity contribution in [3.05, 3.63) is 56.0 Å². The number of rotatable bonds is 9. The molecule has 0 aliphatic carbocycles. The monoisotopic (exact) mass is 516 g/mol. The van der Waals surface area contributed by atoms with Gasteiger partial charge in [0.15, 0.2) is 18.1 Å². The van der Waals surface area contributed by atoms with Crippen molar-refractivity contribution >= 4 is 45.0 Å². The Labute approximate surface area is 196 Å². The highest BCUT2D eigenvalue weighted by Crippen LogP contribution is 2.36. The van der Waals surface area contributed by atoms with Gasteiger partial charge < -0.3 is 20.1 Å². The maximum absolute atomic E-state index is 12.2. The van der Waals surface area contributed by atoms with E-state index >= 15 is 0 Å². The highest BCUT2D eigenvalue weighted by molar-refractivity contribution is 9.10. The summed E-state index contributed by atoms with van der Waals surface area (Å²) >= 11 is 15.8. The molecule has 0 aliphatic heterocycles. The quantitative estimate of drug-likeness (QED) is 0.438. The summed E-state index contributed by atoms with van der Waals surface area (Å²) in [7, 11) is 1.57. The molecular formula is C22H27BrCl2N2O3. The number of halogens is 3. The summed E-state index contributed by atoms with van der Waals surface area (Å²) in [6.07, 6.45) is 0.752. The molecule has 2 rings (SSSR count). The third-order valence-corrected chi connectivity index (χ3v) is 5.47. The Balaban J connectivity index is 2.04. The van der Waals surface area contributed by atoms with Crippen LogP contribution < -0.4 is 20.1 Å². The molecule has 0 unspecified atom stereocenters. The average Bonchev–Trinajstić information content (AvgIpc) is 2.64. The van der Waals surface area contributed by atoms with E-state index < -0.39 is 0 Å². The van der Waals surface area contributed by atoms with Gasteiger partial charge in [0, 0.05) is 32.2 Å². The number of benzene rings is 2. The minimum Gasteiger partial charge on any atom is -0.493 e. The molecule has 2 N–H and O–H groups in total. The van der Waals surface area contributed by atoms with Crippen molar-refractivity contribution in [3.63, 3.8) is 0 Å². The van der Waals surface area contributed by atoms with Crippen molar-refractivity contribution in [2.75, 3.05) is 20.3 Å². The lowest BCUT2D eigenvalue weighted by Gasteiger charge is -2.21. The van der Waals surface area contributed by atoms with Crippen LogP contribution in [0.2, 0.25) is 10.0 Å². The maximum Gasteiger partial charge on any atom is 0.258 e. The SMILES string of the molecule is COc1ccc(Br)c(CNCCc2ccc(Cl)cc2Cl)c1OCC(=O)NC(C)(C)C. The van der Waals surface area contributed by atoms with E-state index in [4.69, 9.17) is 32.7 Å². The van der Waals surface area contributed by atoms with Crippen LogP contribution >= 0.6 is 39.1 Å². The molecule has 0 saturated carbocycles. The lowest BCUT2D eigenvalue weighted by molar-refractivity contribution is -0.124. The van der Waals surface area contributed by atoms with Crippen molar-refractivity contribution in [1.82, 2.24) is 10.6 Å². The van der Waals surface area contributed by atoms with E-state index in [0.29, 0.717) is 34.6 Å². The van der Waals surface area contributed by atoms with Crippen LogP contribution in [0.3, 0.4) is 0 Å². The Morgan fingerprint density at radius 3 is 2.53 bits per heavy atom. The number of methoxy groups -OCH3 is 1. The molecule has 0 spiro atoms. The molecule has 0 atom stereocenters. The van der Waals surface area contributed by atoms with Crippen LogP contribution in [0.25, 0.3) is 0 Å². The van der Waals surface area contributed by atoms with Crippen LogP contribution in [-0.2, 0) is 17.8 Å². The number of carbonyl (C=O) groups excluding carboxylic acids is 1. The van der Waals surface area contributed by atoms with Gasteiger partial charge in [0.2, 0.25) is 0 Å². The summed E-state index contributed by atoms with van der Waals surface area (Å²) in [5, 5.41) is 7.55. The summed E-state index contributed by atoms with van der Waals surface area (Å²) in [6, 6.07) is 9.20.